The lowest BCUT2D eigenvalue weighted by atomic mass is 10.1. The fourth-order valence-electron chi connectivity index (χ4n) is 1.81. The van der Waals surface area contributed by atoms with Crippen LogP contribution in [-0.4, -0.2) is 28.9 Å². The molecule has 0 saturated heterocycles. The first-order valence-electron chi connectivity index (χ1n) is 6.15. The third kappa shape index (κ3) is 3.68. The summed E-state index contributed by atoms with van der Waals surface area (Å²) in [5, 5.41) is 10.8. The standard InChI is InChI=1S/C15H15NO3S/c1-16(14(17)9-13-3-2-8-20-13)10-11-4-6-12(7-5-11)15(18)19/h2-8H,9-10H2,1H3,(H,18,19). The number of aromatic carboxylic acids is 1. The van der Waals surface area contributed by atoms with Crippen LogP contribution in [-0.2, 0) is 17.8 Å². The van der Waals surface area contributed by atoms with E-state index >= 15 is 0 Å². The highest BCUT2D eigenvalue weighted by molar-refractivity contribution is 7.10. The Bertz CT molecular complexity index is 590. The molecule has 0 bridgehead atoms. The summed E-state index contributed by atoms with van der Waals surface area (Å²) >= 11 is 1.57. The van der Waals surface area contributed by atoms with E-state index in [1.165, 1.54) is 0 Å². The average Bonchev–Trinajstić information content (AvgIpc) is 2.92. The normalized spacial score (nSPS) is 10.2. The summed E-state index contributed by atoms with van der Waals surface area (Å²) in [6.45, 7) is 0.476. The van der Waals surface area contributed by atoms with E-state index in [2.05, 4.69) is 0 Å². The zero-order valence-electron chi connectivity index (χ0n) is 11.1. The van der Waals surface area contributed by atoms with E-state index in [1.54, 1.807) is 47.5 Å². The number of carbonyl (C=O) groups is 2. The van der Waals surface area contributed by atoms with Crippen molar-refractivity contribution in [1.82, 2.24) is 4.90 Å². The molecule has 104 valence electrons. The average molecular weight is 289 g/mol. The van der Waals surface area contributed by atoms with Crippen molar-refractivity contribution in [3.8, 4) is 0 Å². The van der Waals surface area contributed by atoms with Crippen LogP contribution in [0.4, 0.5) is 0 Å². The number of hydrogen-bond donors (Lipinski definition) is 1. The van der Waals surface area contributed by atoms with Crippen LogP contribution < -0.4 is 0 Å². The highest BCUT2D eigenvalue weighted by Gasteiger charge is 2.11. The largest absolute Gasteiger partial charge is 0.478 e. The van der Waals surface area contributed by atoms with Gasteiger partial charge in [0.25, 0.3) is 0 Å². The second-order valence-corrected chi connectivity index (χ2v) is 5.54. The Labute approximate surface area is 121 Å². The Kier molecular flexibility index (Phi) is 4.53. The predicted octanol–water partition coefficient (Wildman–Crippen LogP) is 2.65. The van der Waals surface area contributed by atoms with Crippen molar-refractivity contribution >= 4 is 23.2 Å². The summed E-state index contributed by atoms with van der Waals surface area (Å²) in [5.41, 5.74) is 1.17. The molecule has 0 saturated carbocycles. The molecule has 4 nitrogen and oxygen atoms in total. The van der Waals surface area contributed by atoms with Crippen molar-refractivity contribution in [2.75, 3.05) is 7.05 Å². The van der Waals surface area contributed by atoms with Gasteiger partial charge in [-0.2, -0.15) is 0 Å². The first-order chi connectivity index (χ1) is 9.56. The number of amides is 1. The summed E-state index contributed by atoms with van der Waals surface area (Å²) in [5.74, 6) is -0.895. The molecule has 0 aliphatic heterocycles. The van der Waals surface area contributed by atoms with Crippen molar-refractivity contribution in [2.45, 2.75) is 13.0 Å². The van der Waals surface area contributed by atoms with Gasteiger partial charge in [-0.05, 0) is 29.1 Å². The van der Waals surface area contributed by atoms with Crippen LogP contribution in [0.15, 0.2) is 41.8 Å². The van der Waals surface area contributed by atoms with E-state index in [9.17, 15) is 9.59 Å². The van der Waals surface area contributed by atoms with E-state index < -0.39 is 5.97 Å². The highest BCUT2D eigenvalue weighted by Crippen LogP contribution is 2.12. The minimum Gasteiger partial charge on any atom is -0.478 e. The summed E-state index contributed by atoms with van der Waals surface area (Å²) < 4.78 is 0. The number of benzene rings is 1. The third-order valence-corrected chi connectivity index (χ3v) is 3.83. The quantitative estimate of drug-likeness (QED) is 0.920. The van der Waals surface area contributed by atoms with Crippen molar-refractivity contribution in [1.29, 1.82) is 0 Å². The van der Waals surface area contributed by atoms with E-state index in [-0.39, 0.29) is 11.5 Å². The van der Waals surface area contributed by atoms with E-state index in [0.717, 1.165) is 10.4 Å². The second kappa shape index (κ2) is 6.34. The summed E-state index contributed by atoms with van der Waals surface area (Å²) in [6.07, 6.45) is 0.404. The molecule has 0 unspecified atom stereocenters. The Morgan fingerprint density at radius 3 is 2.45 bits per heavy atom. The van der Waals surface area contributed by atoms with Crippen molar-refractivity contribution in [3.05, 3.63) is 57.8 Å². The molecular weight excluding hydrogens is 274 g/mol. The zero-order valence-corrected chi connectivity index (χ0v) is 11.9. The second-order valence-electron chi connectivity index (χ2n) is 4.51. The monoisotopic (exact) mass is 289 g/mol. The van der Waals surface area contributed by atoms with E-state index in [1.807, 2.05) is 17.5 Å². The van der Waals surface area contributed by atoms with Gasteiger partial charge >= 0.3 is 5.97 Å². The number of likely N-dealkylation sites (N-methyl/N-ethyl adjacent to an activating group) is 1. The van der Waals surface area contributed by atoms with Crippen molar-refractivity contribution in [2.24, 2.45) is 0 Å². The Hall–Kier alpha value is -2.14. The number of carboxylic acid groups (broad SMARTS) is 1. The molecule has 1 aromatic heterocycles. The molecule has 0 radical (unpaired) electrons. The SMILES string of the molecule is CN(Cc1ccc(C(=O)O)cc1)C(=O)Cc1cccs1. The molecule has 5 heteroatoms. The number of carbonyl (C=O) groups excluding carboxylic acids is 1. The molecule has 1 aromatic carbocycles. The molecular formula is C15H15NO3S. The van der Waals surface area contributed by atoms with Crippen LogP contribution in [0.1, 0.15) is 20.8 Å². The number of nitrogens with zero attached hydrogens (tertiary/aromatic N) is 1. The first-order valence-corrected chi connectivity index (χ1v) is 7.03. The van der Waals surface area contributed by atoms with Crippen LogP contribution >= 0.6 is 11.3 Å². The number of thiophene rings is 1. The van der Waals surface area contributed by atoms with Crippen LogP contribution in [0.3, 0.4) is 0 Å². The van der Waals surface area contributed by atoms with Crippen LogP contribution in [0.5, 0.6) is 0 Å². The topological polar surface area (TPSA) is 57.6 Å². The Balaban J connectivity index is 1.95. The molecule has 0 aliphatic rings. The number of carboxylic acids is 1. The van der Waals surface area contributed by atoms with Crippen LogP contribution in [0.25, 0.3) is 0 Å². The fraction of sp³-hybridized carbons (Fsp3) is 0.200. The van der Waals surface area contributed by atoms with Gasteiger partial charge in [-0.3, -0.25) is 4.79 Å². The summed E-state index contributed by atoms with van der Waals surface area (Å²) in [7, 11) is 1.75. The van der Waals surface area contributed by atoms with Crippen molar-refractivity contribution < 1.29 is 14.7 Å². The Morgan fingerprint density at radius 2 is 1.90 bits per heavy atom. The van der Waals surface area contributed by atoms with Crippen molar-refractivity contribution in [3.63, 3.8) is 0 Å². The maximum atomic E-state index is 12.0. The van der Waals surface area contributed by atoms with E-state index in [4.69, 9.17) is 5.11 Å². The minimum atomic E-state index is -0.946. The molecule has 0 atom stereocenters. The molecule has 2 aromatic rings. The van der Waals surface area contributed by atoms with Gasteiger partial charge in [0, 0.05) is 18.5 Å². The third-order valence-electron chi connectivity index (χ3n) is 2.95. The van der Waals surface area contributed by atoms with Crippen LogP contribution in [0.2, 0.25) is 0 Å². The molecule has 1 amide bonds. The molecule has 1 N–H and O–H groups in total. The van der Waals surface area contributed by atoms with Gasteiger partial charge in [0.1, 0.15) is 0 Å². The zero-order chi connectivity index (χ0) is 14.5. The lowest BCUT2D eigenvalue weighted by molar-refractivity contribution is -0.129. The predicted molar refractivity (Wildman–Crippen MR) is 77.9 cm³/mol. The molecule has 2 rings (SSSR count). The summed E-state index contributed by atoms with van der Waals surface area (Å²) in [4.78, 5) is 25.5. The fourth-order valence-corrected chi connectivity index (χ4v) is 2.51. The van der Waals surface area contributed by atoms with Gasteiger partial charge in [-0.15, -0.1) is 11.3 Å². The lowest BCUT2D eigenvalue weighted by Gasteiger charge is -2.17. The minimum absolute atomic E-state index is 0.0507. The number of rotatable bonds is 5. The first kappa shape index (κ1) is 14.3. The maximum absolute atomic E-state index is 12.0. The Morgan fingerprint density at radius 1 is 1.20 bits per heavy atom. The molecule has 20 heavy (non-hydrogen) atoms. The maximum Gasteiger partial charge on any atom is 0.335 e. The van der Waals surface area contributed by atoms with Gasteiger partial charge in [-0.1, -0.05) is 18.2 Å². The van der Waals surface area contributed by atoms with Gasteiger partial charge in [-0.25, -0.2) is 4.79 Å². The lowest BCUT2D eigenvalue weighted by Crippen LogP contribution is -2.27. The van der Waals surface area contributed by atoms with Gasteiger partial charge < -0.3 is 10.0 Å². The molecule has 1 heterocycles. The highest BCUT2D eigenvalue weighted by atomic mass is 32.1. The van der Waals surface area contributed by atoms with Gasteiger partial charge in [0.2, 0.25) is 5.91 Å². The number of hydrogen-bond acceptors (Lipinski definition) is 3. The summed E-state index contributed by atoms with van der Waals surface area (Å²) in [6, 6.07) is 10.4. The molecule has 0 aliphatic carbocycles. The van der Waals surface area contributed by atoms with Gasteiger partial charge in [0.15, 0.2) is 0 Å². The van der Waals surface area contributed by atoms with Crippen LogP contribution in [0, 0.1) is 0 Å². The van der Waals surface area contributed by atoms with Gasteiger partial charge in [0.05, 0.1) is 12.0 Å². The smallest absolute Gasteiger partial charge is 0.335 e. The molecule has 0 spiro atoms. The van der Waals surface area contributed by atoms with E-state index in [0.29, 0.717) is 13.0 Å². The molecule has 0 fully saturated rings.